The fourth-order valence-corrected chi connectivity index (χ4v) is 2.08. The smallest absolute Gasteiger partial charge is 0.243 e. The van der Waals surface area contributed by atoms with Crippen molar-refractivity contribution in [2.75, 3.05) is 0 Å². The molecule has 1 rings (SSSR count). The van der Waals surface area contributed by atoms with Crippen molar-refractivity contribution in [3.63, 3.8) is 0 Å². The second kappa shape index (κ2) is 7.01. The average molecular weight is 257 g/mol. The summed E-state index contributed by atoms with van der Waals surface area (Å²) in [5, 5.41) is 4.60. The van der Waals surface area contributed by atoms with E-state index in [1.807, 2.05) is 11.8 Å². The molecule has 0 radical (unpaired) electrons. The van der Waals surface area contributed by atoms with Crippen molar-refractivity contribution in [2.24, 2.45) is 11.7 Å². The average Bonchev–Trinajstić information content (AvgIpc) is 2.82. The molecule has 0 amide bonds. The maximum absolute atomic E-state index is 6.04. The monoisotopic (exact) mass is 257 g/mol. The van der Waals surface area contributed by atoms with Crippen molar-refractivity contribution in [2.45, 2.75) is 57.6 Å². The summed E-state index contributed by atoms with van der Waals surface area (Å²) >= 11 is 1.84. The lowest BCUT2D eigenvalue weighted by molar-refractivity contribution is 0.311. The Morgan fingerprint density at radius 1 is 1.29 bits per heavy atom. The molecule has 1 aromatic rings. The normalized spacial score (nSPS) is 16.8. The second-order valence-electron chi connectivity index (χ2n) is 4.49. The number of rotatable bonds is 7. The van der Waals surface area contributed by atoms with E-state index in [-0.39, 0.29) is 6.04 Å². The van der Waals surface area contributed by atoms with E-state index in [4.69, 9.17) is 10.3 Å². The third-order valence-electron chi connectivity index (χ3n) is 3.10. The van der Waals surface area contributed by atoms with Gasteiger partial charge in [0.05, 0.1) is 11.8 Å². The first-order valence-electron chi connectivity index (χ1n) is 6.28. The molecule has 0 spiro atoms. The Morgan fingerprint density at radius 2 is 2.00 bits per heavy atom. The highest BCUT2D eigenvalue weighted by atomic mass is 32.2. The maximum Gasteiger partial charge on any atom is 0.243 e. The molecule has 98 valence electrons. The quantitative estimate of drug-likeness (QED) is 0.813. The maximum atomic E-state index is 6.04. The van der Waals surface area contributed by atoms with Gasteiger partial charge in [-0.1, -0.05) is 39.3 Å². The Balaban J connectivity index is 2.53. The summed E-state index contributed by atoms with van der Waals surface area (Å²) in [6.07, 6.45) is 2.17. The van der Waals surface area contributed by atoms with E-state index in [9.17, 15) is 0 Å². The van der Waals surface area contributed by atoms with Crippen LogP contribution in [0.2, 0.25) is 0 Å². The van der Waals surface area contributed by atoms with Crippen molar-refractivity contribution >= 4 is 11.8 Å². The Bertz CT molecular complexity index is 329. The summed E-state index contributed by atoms with van der Waals surface area (Å²) in [6, 6.07) is -0.144. The highest BCUT2D eigenvalue weighted by molar-refractivity contribution is 7.99. The molecule has 0 saturated carbocycles. The van der Waals surface area contributed by atoms with Gasteiger partial charge < -0.3 is 10.3 Å². The van der Waals surface area contributed by atoms with Crippen molar-refractivity contribution in [3.05, 3.63) is 11.7 Å². The van der Waals surface area contributed by atoms with E-state index in [0.29, 0.717) is 17.1 Å². The summed E-state index contributed by atoms with van der Waals surface area (Å²) in [7, 11) is 0. The van der Waals surface area contributed by atoms with Crippen molar-refractivity contribution in [3.8, 4) is 0 Å². The van der Waals surface area contributed by atoms with Crippen LogP contribution >= 0.6 is 11.8 Å². The molecule has 1 heterocycles. The number of nitrogens with two attached hydrogens (primary N) is 1. The minimum Gasteiger partial charge on any atom is -0.338 e. The topological polar surface area (TPSA) is 64.9 Å². The highest BCUT2D eigenvalue weighted by Gasteiger charge is 2.20. The summed E-state index contributed by atoms with van der Waals surface area (Å²) in [5.41, 5.74) is 6.04. The van der Waals surface area contributed by atoms with Crippen LogP contribution in [0.4, 0.5) is 0 Å². The number of aromatic nitrogens is 2. The van der Waals surface area contributed by atoms with Gasteiger partial charge in [0, 0.05) is 5.25 Å². The predicted molar refractivity (Wildman–Crippen MR) is 71.7 cm³/mol. The van der Waals surface area contributed by atoms with Crippen LogP contribution < -0.4 is 5.73 Å². The summed E-state index contributed by atoms with van der Waals surface area (Å²) in [4.78, 5) is 4.36. The standard InChI is InChI=1S/C12H23N3OS/c1-5-8(3)11(13)12-14-10(15-16-12)7-17-9(4)6-2/h8-9,11H,5-7,13H2,1-4H3/t8-,9?,11-/m0/s1. The minimum absolute atomic E-state index is 0.144. The molecule has 0 fully saturated rings. The van der Waals surface area contributed by atoms with Crippen LogP contribution in [0.25, 0.3) is 0 Å². The summed E-state index contributed by atoms with van der Waals surface area (Å²) in [5.74, 6) is 2.49. The van der Waals surface area contributed by atoms with Crippen LogP contribution in [0.1, 0.15) is 58.3 Å². The fourth-order valence-electron chi connectivity index (χ4n) is 1.29. The molecule has 0 aliphatic carbocycles. The van der Waals surface area contributed by atoms with Crippen LogP contribution in [0, 0.1) is 5.92 Å². The lowest BCUT2D eigenvalue weighted by Gasteiger charge is -2.13. The van der Waals surface area contributed by atoms with Gasteiger partial charge in [-0.25, -0.2) is 0 Å². The first-order chi connectivity index (χ1) is 8.08. The first kappa shape index (κ1) is 14.5. The molecule has 1 unspecified atom stereocenters. The number of hydrogen-bond acceptors (Lipinski definition) is 5. The zero-order chi connectivity index (χ0) is 12.8. The van der Waals surface area contributed by atoms with Crippen molar-refractivity contribution in [1.82, 2.24) is 10.1 Å². The molecule has 5 heteroatoms. The van der Waals surface area contributed by atoms with Gasteiger partial charge in [-0.15, -0.1) is 0 Å². The molecule has 0 aliphatic heterocycles. The molecule has 17 heavy (non-hydrogen) atoms. The van der Waals surface area contributed by atoms with Gasteiger partial charge in [-0.3, -0.25) is 0 Å². The number of nitrogens with zero attached hydrogens (tertiary/aromatic N) is 2. The van der Waals surface area contributed by atoms with Crippen LogP contribution in [0.3, 0.4) is 0 Å². The molecular formula is C12H23N3OS. The number of hydrogen-bond donors (Lipinski definition) is 1. The van der Waals surface area contributed by atoms with E-state index >= 15 is 0 Å². The fraction of sp³-hybridized carbons (Fsp3) is 0.833. The van der Waals surface area contributed by atoms with Gasteiger partial charge in [-0.2, -0.15) is 16.7 Å². The summed E-state index contributed by atoms with van der Waals surface area (Å²) in [6.45, 7) is 8.59. The Kier molecular flexibility index (Phi) is 5.98. The van der Waals surface area contributed by atoms with Crippen molar-refractivity contribution < 1.29 is 4.52 Å². The Morgan fingerprint density at radius 3 is 2.59 bits per heavy atom. The lowest BCUT2D eigenvalue weighted by atomic mass is 10.0. The molecule has 4 nitrogen and oxygen atoms in total. The van der Waals surface area contributed by atoms with Gasteiger partial charge in [-0.05, 0) is 12.3 Å². The first-order valence-corrected chi connectivity index (χ1v) is 7.32. The van der Waals surface area contributed by atoms with Gasteiger partial charge in [0.25, 0.3) is 0 Å². The van der Waals surface area contributed by atoms with E-state index in [0.717, 1.165) is 24.4 Å². The molecule has 2 N–H and O–H groups in total. The van der Waals surface area contributed by atoms with Gasteiger partial charge in [0.1, 0.15) is 0 Å². The number of thioether (sulfide) groups is 1. The van der Waals surface area contributed by atoms with Crippen LogP contribution in [-0.4, -0.2) is 15.4 Å². The molecule has 0 bridgehead atoms. The third kappa shape index (κ3) is 4.32. The van der Waals surface area contributed by atoms with Crippen molar-refractivity contribution in [1.29, 1.82) is 0 Å². The SMILES string of the molecule is CCC(C)SCc1noc([C@@H](N)[C@@H](C)CC)n1. The largest absolute Gasteiger partial charge is 0.338 e. The minimum atomic E-state index is -0.144. The molecule has 0 aromatic carbocycles. The van der Waals surface area contributed by atoms with Gasteiger partial charge >= 0.3 is 0 Å². The van der Waals surface area contributed by atoms with Crippen LogP contribution in [0.15, 0.2) is 4.52 Å². The van der Waals surface area contributed by atoms with Crippen LogP contribution in [-0.2, 0) is 5.75 Å². The molecule has 3 atom stereocenters. The van der Waals surface area contributed by atoms with Gasteiger partial charge in [0.2, 0.25) is 5.89 Å². The zero-order valence-corrected chi connectivity index (χ0v) is 12.0. The Labute approximate surface area is 108 Å². The lowest BCUT2D eigenvalue weighted by Crippen LogP contribution is -2.18. The van der Waals surface area contributed by atoms with Crippen LogP contribution in [0.5, 0.6) is 0 Å². The molecule has 0 aliphatic rings. The van der Waals surface area contributed by atoms with E-state index in [2.05, 4.69) is 37.8 Å². The van der Waals surface area contributed by atoms with E-state index in [1.54, 1.807) is 0 Å². The zero-order valence-electron chi connectivity index (χ0n) is 11.1. The van der Waals surface area contributed by atoms with E-state index in [1.165, 1.54) is 0 Å². The van der Waals surface area contributed by atoms with Gasteiger partial charge in [0.15, 0.2) is 5.82 Å². The predicted octanol–water partition coefficient (Wildman–Crippen LogP) is 3.15. The summed E-state index contributed by atoms with van der Waals surface area (Å²) < 4.78 is 5.22. The molecule has 1 aromatic heterocycles. The highest BCUT2D eigenvalue weighted by Crippen LogP contribution is 2.22. The van der Waals surface area contributed by atoms with E-state index < -0.39 is 0 Å². The third-order valence-corrected chi connectivity index (χ3v) is 4.43. The second-order valence-corrected chi connectivity index (χ2v) is 5.92. The Hall–Kier alpha value is -0.550. The molecular weight excluding hydrogens is 234 g/mol. The molecule has 0 saturated heterocycles.